The number of pyridine rings is 1. The number of hydrogen-bond donors (Lipinski definition) is 1. The van der Waals surface area contributed by atoms with Crippen molar-refractivity contribution in [3.8, 4) is 16.8 Å². The fraction of sp³-hybridized carbons (Fsp3) is 0.0741. The largest absolute Gasteiger partial charge is 0.383 e. The molecule has 5 rings (SSSR count). The van der Waals surface area contributed by atoms with Gasteiger partial charge in [0, 0.05) is 17.5 Å². The smallest absolute Gasteiger partial charge is 0.213 e. The molecule has 0 aliphatic carbocycles. The highest BCUT2D eigenvalue weighted by atomic mass is 16.1. The van der Waals surface area contributed by atoms with E-state index in [0.717, 1.165) is 33.4 Å². The third-order valence-corrected chi connectivity index (χ3v) is 5.54. The minimum atomic E-state index is -0.174. The minimum absolute atomic E-state index is 0.174. The van der Waals surface area contributed by atoms with Crippen molar-refractivity contribution in [2.45, 2.75) is 13.3 Å². The monoisotopic (exact) mass is 418 g/mol. The number of nitrogens with zero attached hydrogens (tertiary/aromatic N) is 3. The molecule has 5 nitrogen and oxygen atoms in total. The highest BCUT2D eigenvalue weighted by Gasteiger charge is 2.18. The van der Waals surface area contributed by atoms with E-state index in [2.05, 4.69) is 5.10 Å². The van der Waals surface area contributed by atoms with Crippen molar-refractivity contribution >= 4 is 16.7 Å². The average Bonchev–Trinajstić information content (AvgIpc) is 2.82. The maximum absolute atomic E-state index is 13.5. The molecule has 0 unspecified atom stereocenters. The van der Waals surface area contributed by atoms with Gasteiger partial charge in [-0.2, -0.15) is 5.10 Å². The topological polar surface area (TPSA) is 73.8 Å². The van der Waals surface area contributed by atoms with Crippen LogP contribution in [-0.4, -0.2) is 14.8 Å². The summed E-state index contributed by atoms with van der Waals surface area (Å²) in [6.45, 7) is 2.03. The summed E-state index contributed by atoms with van der Waals surface area (Å²) in [6, 6.07) is 29.3. The summed E-state index contributed by atoms with van der Waals surface area (Å²) in [5, 5.41) is 5.73. The van der Waals surface area contributed by atoms with Crippen molar-refractivity contribution in [2.75, 3.05) is 5.73 Å². The first-order valence-corrected chi connectivity index (χ1v) is 10.5. The van der Waals surface area contributed by atoms with Crippen molar-refractivity contribution in [3.05, 3.63) is 118 Å². The molecule has 2 heterocycles. The Labute approximate surface area is 185 Å². The number of hydrogen-bond acceptors (Lipinski definition) is 4. The summed E-state index contributed by atoms with van der Waals surface area (Å²) in [4.78, 5) is 18.2. The zero-order chi connectivity index (χ0) is 22.1. The molecule has 0 aliphatic heterocycles. The number of aryl methyl sites for hydroxylation is 1. The quantitative estimate of drug-likeness (QED) is 0.449. The van der Waals surface area contributed by atoms with Crippen LogP contribution < -0.4 is 11.2 Å². The molecule has 0 bridgehead atoms. The second-order valence-electron chi connectivity index (χ2n) is 7.82. The number of para-hydroxylation sites is 1. The molecule has 0 fully saturated rings. The van der Waals surface area contributed by atoms with Gasteiger partial charge in [0.25, 0.3) is 0 Å². The van der Waals surface area contributed by atoms with Gasteiger partial charge in [0.1, 0.15) is 11.5 Å². The van der Waals surface area contributed by atoms with Crippen molar-refractivity contribution in [3.63, 3.8) is 0 Å². The summed E-state index contributed by atoms with van der Waals surface area (Å²) < 4.78 is 1.65. The molecular weight excluding hydrogens is 396 g/mol. The molecular formula is C27H22N4O. The maximum atomic E-state index is 13.5. The lowest BCUT2D eigenvalue weighted by atomic mass is 10.0. The number of benzene rings is 3. The van der Waals surface area contributed by atoms with Crippen LogP contribution in [0.15, 0.2) is 95.8 Å². The van der Waals surface area contributed by atoms with Gasteiger partial charge < -0.3 is 5.73 Å². The molecule has 5 heteroatoms. The van der Waals surface area contributed by atoms with Gasteiger partial charge in [-0.05, 0) is 36.8 Å². The second-order valence-corrected chi connectivity index (χ2v) is 7.82. The maximum Gasteiger partial charge on any atom is 0.213 e. The van der Waals surface area contributed by atoms with Crippen molar-refractivity contribution < 1.29 is 0 Å². The Hall–Kier alpha value is -4.25. The highest BCUT2D eigenvalue weighted by molar-refractivity contribution is 5.78. The minimum Gasteiger partial charge on any atom is -0.383 e. The Bertz CT molecular complexity index is 1470. The van der Waals surface area contributed by atoms with E-state index in [9.17, 15) is 4.79 Å². The van der Waals surface area contributed by atoms with E-state index >= 15 is 0 Å². The van der Waals surface area contributed by atoms with Gasteiger partial charge in [-0.1, -0.05) is 72.3 Å². The molecule has 0 atom stereocenters. The molecule has 156 valence electrons. The normalized spacial score (nSPS) is 11.0. The van der Waals surface area contributed by atoms with E-state index in [0.29, 0.717) is 23.5 Å². The summed E-state index contributed by atoms with van der Waals surface area (Å²) >= 11 is 0. The predicted molar refractivity (Wildman–Crippen MR) is 129 cm³/mol. The number of fused-ring (bicyclic) bond motifs is 1. The average molecular weight is 419 g/mol. The first-order valence-electron chi connectivity index (χ1n) is 10.5. The SMILES string of the molecule is Cc1ccc(-n2nc(Cc3ccc4ccccc4n3)c(=O)c(-c3ccccc3)c2N)cc1. The highest BCUT2D eigenvalue weighted by Crippen LogP contribution is 2.25. The van der Waals surface area contributed by atoms with Crippen LogP contribution >= 0.6 is 0 Å². The van der Waals surface area contributed by atoms with Gasteiger partial charge in [-0.15, -0.1) is 0 Å². The number of anilines is 1. The lowest BCUT2D eigenvalue weighted by Crippen LogP contribution is -2.23. The number of aromatic nitrogens is 3. The lowest BCUT2D eigenvalue weighted by Gasteiger charge is -2.16. The molecule has 0 radical (unpaired) electrons. The summed E-state index contributed by atoms with van der Waals surface area (Å²) in [7, 11) is 0. The third-order valence-electron chi connectivity index (χ3n) is 5.54. The Kier molecular flexibility index (Phi) is 5.00. The fourth-order valence-corrected chi connectivity index (χ4v) is 3.85. The molecule has 3 aromatic carbocycles. The van der Waals surface area contributed by atoms with Crippen molar-refractivity contribution in [2.24, 2.45) is 0 Å². The summed E-state index contributed by atoms with van der Waals surface area (Å²) in [6.07, 6.45) is 0.315. The molecule has 2 N–H and O–H groups in total. The van der Waals surface area contributed by atoms with Gasteiger partial charge in [-0.25, -0.2) is 4.68 Å². The van der Waals surface area contributed by atoms with Gasteiger partial charge in [0.2, 0.25) is 5.43 Å². The molecule has 0 spiro atoms. The van der Waals surface area contributed by atoms with Crippen LogP contribution in [0.2, 0.25) is 0 Å². The van der Waals surface area contributed by atoms with Crippen LogP contribution in [0.25, 0.3) is 27.7 Å². The molecule has 5 aromatic rings. The second kappa shape index (κ2) is 8.12. The van der Waals surface area contributed by atoms with E-state index in [1.54, 1.807) is 4.68 Å². The zero-order valence-corrected chi connectivity index (χ0v) is 17.7. The van der Waals surface area contributed by atoms with Crippen molar-refractivity contribution in [1.82, 2.24) is 14.8 Å². The number of rotatable bonds is 4. The zero-order valence-electron chi connectivity index (χ0n) is 17.7. The van der Waals surface area contributed by atoms with E-state index in [1.807, 2.05) is 97.9 Å². The van der Waals surface area contributed by atoms with E-state index in [-0.39, 0.29) is 5.43 Å². The molecule has 2 aromatic heterocycles. The molecule has 0 amide bonds. The van der Waals surface area contributed by atoms with Crippen LogP contribution in [0.1, 0.15) is 17.0 Å². The van der Waals surface area contributed by atoms with Crippen molar-refractivity contribution in [1.29, 1.82) is 0 Å². The van der Waals surface area contributed by atoms with Gasteiger partial charge >= 0.3 is 0 Å². The first kappa shape index (κ1) is 19.7. The summed E-state index contributed by atoms with van der Waals surface area (Å²) in [5.74, 6) is 0.320. The number of nitrogens with two attached hydrogens (primary N) is 1. The van der Waals surface area contributed by atoms with Gasteiger partial charge in [0.15, 0.2) is 0 Å². The Morgan fingerprint density at radius 2 is 1.56 bits per heavy atom. The van der Waals surface area contributed by atoms with Crippen LogP contribution in [0.5, 0.6) is 0 Å². The Morgan fingerprint density at radius 1 is 0.844 bits per heavy atom. The van der Waals surface area contributed by atoms with E-state index in [4.69, 9.17) is 10.7 Å². The van der Waals surface area contributed by atoms with Crippen LogP contribution in [-0.2, 0) is 6.42 Å². The van der Waals surface area contributed by atoms with Gasteiger partial charge in [0.05, 0.1) is 16.8 Å². The lowest BCUT2D eigenvalue weighted by molar-refractivity contribution is 0.800. The standard InChI is InChI=1S/C27H22N4O/c1-18-11-15-22(16-12-18)31-27(28)25(20-8-3-2-4-9-20)26(32)24(30-31)17-21-14-13-19-7-5-6-10-23(19)29-21/h2-16H,17,28H2,1H3. The van der Waals surface area contributed by atoms with Crippen LogP contribution in [0, 0.1) is 6.92 Å². The number of nitrogen functional groups attached to an aromatic ring is 1. The van der Waals surface area contributed by atoms with E-state index < -0.39 is 0 Å². The molecule has 0 saturated heterocycles. The molecule has 0 aliphatic rings. The summed E-state index contributed by atoms with van der Waals surface area (Å²) in [5.41, 5.74) is 11.6. The molecule has 0 saturated carbocycles. The molecule has 32 heavy (non-hydrogen) atoms. The van der Waals surface area contributed by atoms with Crippen LogP contribution in [0.3, 0.4) is 0 Å². The van der Waals surface area contributed by atoms with E-state index in [1.165, 1.54) is 0 Å². The Balaban J connectivity index is 1.69. The van der Waals surface area contributed by atoms with Gasteiger partial charge in [-0.3, -0.25) is 9.78 Å². The first-order chi connectivity index (χ1) is 15.6. The fourth-order valence-electron chi connectivity index (χ4n) is 3.85. The Morgan fingerprint density at radius 3 is 2.34 bits per heavy atom. The van der Waals surface area contributed by atoms with Crippen LogP contribution in [0.4, 0.5) is 5.82 Å². The third kappa shape index (κ3) is 3.65. The predicted octanol–water partition coefficient (Wildman–Crippen LogP) is 4.93.